The van der Waals surface area contributed by atoms with Crippen molar-refractivity contribution in [3.63, 3.8) is 0 Å². The Morgan fingerprint density at radius 1 is 1.60 bits per heavy atom. The summed E-state index contributed by atoms with van der Waals surface area (Å²) in [5, 5.41) is 4.63. The molecular formula is C10H14BrNO3. The highest BCUT2D eigenvalue weighted by Crippen LogP contribution is 2.09. The second kappa shape index (κ2) is 6.61. The number of hydrogen-bond donors (Lipinski definition) is 0. The summed E-state index contributed by atoms with van der Waals surface area (Å²) in [6.07, 6.45) is 2.90. The molecule has 84 valence electrons. The van der Waals surface area contributed by atoms with Gasteiger partial charge < -0.3 is 9.26 Å². The summed E-state index contributed by atoms with van der Waals surface area (Å²) in [4.78, 5) is 11.2. The summed E-state index contributed by atoms with van der Waals surface area (Å²) < 4.78 is 9.81. The first-order valence-corrected chi connectivity index (χ1v) is 6.08. The minimum Gasteiger partial charge on any atom is -0.461 e. The normalized spacial score (nSPS) is 10.3. The van der Waals surface area contributed by atoms with Crippen molar-refractivity contribution in [2.24, 2.45) is 0 Å². The number of halogens is 1. The maximum absolute atomic E-state index is 11.2. The van der Waals surface area contributed by atoms with Gasteiger partial charge in [0.1, 0.15) is 5.76 Å². The summed E-state index contributed by atoms with van der Waals surface area (Å²) in [7, 11) is 0. The number of rotatable bonds is 6. The highest BCUT2D eigenvalue weighted by Gasteiger charge is 2.12. The Balaban J connectivity index is 2.45. The fraction of sp³-hybridized carbons (Fsp3) is 0.600. The van der Waals surface area contributed by atoms with Gasteiger partial charge in [-0.2, -0.15) is 0 Å². The Kier molecular flexibility index (Phi) is 5.39. The van der Waals surface area contributed by atoms with Gasteiger partial charge >= 0.3 is 5.97 Å². The van der Waals surface area contributed by atoms with Gasteiger partial charge in [0.2, 0.25) is 0 Å². The van der Waals surface area contributed by atoms with Crippen molar-refractivity contribution < 1.29 is 14.1 Å². The third-order valence-corrected chi connectivity index (χ3v) is 2.41. The molecule has 0 unspecified atom stereocenters. The van der Waals surface area contributed by atoms with E-state index in [1.165, 1.54) is 0 Å². The van der Waals surface area contributed by atoms with Crippen LogP contribution < -0.4 is 0 Å². The van der Waals surface area contributed by atoms with E-state index in [4.69, 9.17) is 9.26 Å². The molecule has 4 nitrogen and oxygen atoms in total. The fourth-order valence-corrected chi connectivity index (χ4v) is 1.52. The Morgan fingerprint density at radius 3 is 3.07 bits per heavy atom. The maximum atomic E-state index is 11.2. The van der Waals surface area contributed by atoms with Gasteiger partial charge in [0, 0.05) is 17.8 Å². The molecule has 0 fully saturated rings. The minimum atomic E-state index is -0.423. The van der Waals surface area contributed by atoms with Crippen LogP contribution in [-0.2, 0) is 11.2 Å². The summed E-state index contributed by atoms with van der Waals surface area (Å²) in [6.45, 7) is 2.11. The van der Waals surface area contributed by atoms with Gasteiger partial charge in [-0.25, -0.2) is 4.79 Å². The average molecular weight is 276 g/mol. The quantitative estimate of drug-likeness (QED) is 0.455. The zero-order valence-electron chi connectivity index (χ0n) is 8.66. The van der Waals surface area contributed by atoms with Gasteiger partial charge in [0.25, 0.3) is 0 Å². The monoisotopic (exact) mass is 275 g/mol. The van der Waals surface area contributed by atoms with E-state index in [1.54, 1.807) is 13.0 Å². The van der Waals surface area contributed by atoms with Crippen molar-refractivity contribution in [2.45, 2.75) is 26.2 Å². The number of aryl methyl sites for hydroxylation is 1. The first-order chi connectivity index (χ1) is 7.27. The Bertz CT molecular complexity index is 311. The first kappa shape index (κ1) is 12.2. The second-order valence-electron chi connectivity index (χ2n) is 3.05. The van der Waals surface area contributed by atoms with E-state index in [2.05, 4.69) is 21.1 Å². The molecule has 5 heteroatoms. The molecule has 0 N–H and O–H groups in total. The molecule has 1 rings (SSSR count). The molecular weight excluding hydrogens is 262 g/mol. The highest BCUT2D eigenvalue weighted by molar-refractivity contribution is 9.09. The smallest absolute Gasteiger partial charge is 0.360 e. The molecule has 1 aromatic heterocycles. The molecule has 0 amide bonds. The molecule has 1 heterocycles. The third-order valence-electron chi connectivity index (χ3n) is 1.85. The number of aromatic nitrogens is 1. The molecule has 0 spiro atoms. The van der Waals surface area contributed by atoms with E-state index in [0.717, 1.165) is 30.4 Å². The van der Waals surface area contributed by atoms with Crippen molar-refractivity contribution in [3.05, 3.63) is 17.5 Å². The van der Waals surface area contributed by atoms with E-state index in [-0.39, 0.29) is 5.69 Å². The van der Waals surface area contributed by atoms with Crippen molar-refractivity contribution in [1.82, 2.24) is 5.16 Å². The van der Waals surface area contributed by atoms with Crippen molar-refractivity contribution >= 4 is 21.9 Å². The molecule has 0 aliphatic rings. The van der Waals surface area contributed by atoms with E-state index < -0.39 is 5.97 Å². The largest absolute Gasteiger partial charge is 0.461 e. The SMILES string of the molecule is CCOC(=O)c1cc(CCCCBr)on1. The molecule has 0 aliphatic heterocycles. The summed E-state index contributed by atoms with van der Waals surface area (Å²) in [5.74, 6) is 0.312. The Morgan fingerprint density at radius 2 is 2.40 bits per heavy atom. The van der Waals surface area contributed by atoms with Crippen LogP contribution >= 0.6 is 15.9 Å². The summed E-state index contributed by atoms with van der Waals surface area (Å²) >= 11 is 3.35. The van der Waals surface area contributed by atoms with Gasteiger partial charge in [0.15, 0.2) is 5.69 Å². The molecule has 0 saturated carbocycles. The number of alkyl halides is 1. The summed E-state index contributed by atoms with van der Waals surface area (Å²) in [5.41, 5.74) is 0.255. The first-order valence-electron chi connectivity index (χ1n) is 4.96. The molecule has 1 aromatic rings. The number of carbonyl (C=O) groups is 1. The predicted molar refractivity (Wildman–Crippen MR) is 59.2 cm³/mol. The van der Waals surface area contributed by atoms with Crippen LogP contribution in [0, 0.1) is 0 Å². The van der Waals surface area contributed by atoms with E-state index in [1.807, 2.05) is 0 Å². The maximum Gasteiger partial charge on any atom is 0.360 e. The van der Waals surface area contributed by atoms with Gasteiger partial charge in [0.05, 0.1) is 6.61 Å². The number of ether oxygens (including phenoxy) is 1. The van der Waals surface area contributed by atoms with Crippen LogP contribution in [0.15, 0.2) is 10.6 Å². The van der Waals surface area contributed by atoms with Crippen LogP contribution in [-0.4, -0.2) is 23.1 Å². The Labute approximate surface area is 97.1 Å². The van der Waals surface area contributed by atoms with E-state index >= 15 is 0 Å². The number of unbranched alkanes of at least 4 members (excludes halogenated alkanes) is 1. The molecule has 0 atom stereocenters. The minimum absolute atomic E-state index is 0.255. The topological polar surface area (TPSA) is 52.3 Å². The molecule has 0 aliphatic carbocycles. The van der Waals surface area contributed by atoms with Gasteiger partial charge in [-0.15, -0.1) is 0 Å². The molecule has 15 heavy (non-hydrogen) atoms. The number of hydrogen-bond acceptors (Lipinski definition) is 4. The molecule has 0 bridgehead atoms. The van der Waals surface area contributed by atoms with Crippen LogP contribution in [0.2, 0.25) is 0 Å². The molecule has 0 radical (unpaired) electrons. The van der Waals surface area contributed by atoms with Crippen molar-refractivity contribution in [3.8, 4) is 0 Å². The number of carbonyl (C=O) groups excluding carboxylic acids is 1. The summed E-state index contributed by atoms with van der Waals surface area (Å²) in [6, 6.07) is 1.65. The van der Waals surface area contributed by atoms with E-state index in [0.29, 0.717) is 6.61 Å². The van der Waals surface area contributed by atoms with Gasteiger partial charge in [-0.05, 0) is 19.8 Å². The Hall–Kier alpha value is -0.840. The standard InChI is InChI=1S/C10H14BrNO3/c1-2-14-10(13)9-7-8(15-12-9)5-3-4-6-11/h7H,2-6H2,1H3. The highest BCUT2D eigenvalue weighted by atomic mass is 79.9. The zero-order valence-corrected chi connectivity index (χ0v) is 10.2. The predicted octanol–water partition coefficient (Wildman–Crippen LogP) is 2.57. The average Bonchev–Trinajstić information content (AvgIpc) is 2.67. The number of esters is 1. The number of nitrogens with zero attached hydrogens (tertiary/aromatic N) is 1. The molecule has 0 aromatic carbocycles. The third kappa shape index (κ3) is 4.03. The zero-order chi connectivity index (χ0) is 11.1. The van der Waals surface area contributed by atoms with Gasteiger partial charge in [-0.3, -0.25) is 0 Å². The van der Waals surface area contributed by atoms with Crippen LogP contribution in [0.25, 0.3) is 0 Å². The lowest BCUT2D eigenvalue weighted by atomic mass is 10.2. The van der Waals surface area contributed by atoms with Gasteiger partial charge in [-0.1, -0.05) is 21.1 Å². The fourth-order valence-electron chi connectivity index (χ4n) is 1.13. The van der Waals surface area contributed by atoms with Crippen LogP contribution in [0.4, 0.5) is 0 Å². The van der Waals surface area contributed by atoms with Crippen LogP contribution in [0.5, 0.6) is 0 Å². The van der Waals surface area contributed by atoms with Crippen molar-refractivity contribution in [1.29, 1.82) is 0 Å². The molecule has 0 saturated heterocycles. The second-order valence-corrected chi connectivity index (χ2v) is 3.84. The van der Waals surface area contributed by atoms with Crippen molar-refractivity contribution in [2.75, 3.05) is 11.9 Å². The lowest BCUT2D eigenvalue weighted by Crippen LogP contribution is -2.04. The van der Waals surface area contributed by atoms with Crippen LogP contribution in [0.3, 0.4) is 0 Å². The van der Waals surface area contributed by atoms with E-state index in [9.17, 15) is 4.79 Å². The lowest BCUT2D eigenvalue weighted by Gasteiger charge is -1.94. The lowest BCUT2D eigenvalue weighted by molar-refractivity contribution is 0.0514. The van der Waals surface area contributed by atoms with Crippen LogP contribution in [0.1, 0.15) is 36.0 Å².